The van der Waals surface area contributed by atoms with E-state index in [9.17, 15) is 0 Å². The molecule has 14 heavy (non-hydrogen) atoms. The van der Waals surface area contributed by atoms with Crippen molar-refractivity contribution in [3.05, 3.63) is 28.7 Å². The number of halogens is 1. The first kappa shape index (κ1) is 11.5. The molecule has 78 valence electrons. The fourth-order valence-electron chi connectivity index (χ4n) is 1.38. The van der Waals surface area contributed by atoms with Crippen LogP contribution in [0.3, 0.4) is 0 Å². The molecule has 0 aliphatic heterocycles. The average Bonchev–Trinajstić information content (AvgIpc) is 2.17. The van der Waals surface area contributed by atoms with Crippen molar-refractivity contribution in [2.45, 2.75) is 19.4 Å². The fraction of sp³-hybridized carbons (Fsp3) is 0.455. The first-order chi connectivity index (χ1) is 6.65. The largest absolute Gasteiger partial charge is 0.372 e. The Bertz CT molecular complexity index is 288. The molecule has 1 rings (SSSR count). The molecule has 1 aromatic rings. The highest BCUT2D eigenvalue weighted by atomic mass is 79.9. The summed E-state index contributed by atoms with van der Waals surface area (Å²) in [5.41, 5.74) is 6.76. The van der Waals surface area contributed by atoms with Gasteiger partial charge in [-0.1, -0.05) is 22.0 Å². The summed E-state index contributed by atoms with van der Waals surface area (Å²) in [6, 6.07) is 8.79. The van der Waals surface area contributed by atoms with Crippen LogP contribution in [0.25, 0.3) is 0 Å². The Balaban J connectivity index is 2.73. The van der Waals surface area contributed by atoms with E-state index < -0.39 is 0 Å². The van der Waals surface area contributed by atoms with Crippen molar-refractivity contribution in [2.75, 3.05) is 18.5 Å². The molecule has 0 spiro atoms. The predicted octanol–water partition coefficient (Wildman–Crippen LogP) is 2.62. The van der Waals surface area contributed by atoms with Crippen molar-refractivity contribution in [2.24, 2.45) is 5.73 Å². The van der Waals surface area contributed by atoms with Crippen molar-refractivity contribution < 1.29 is 0 Å². The minimum Gasteiger partial charge on any atom is -0.372 e. The third kappa shape index (κ3) is 3.00. The maximum absolute atomic E-state index is 5.54. The average molecular weight is 257 g/mol. The topological polar surface area (TPSA) is 29.3 Å². The molecule has 0 aliphatic rings. The van der Waals surface area contributed by atoms with Gasteiger partial charge in [0.05, 0.1) is 0 Å². The van der Waals surface area contributed by atoms with Crippen LogP contribution >= 0.6 is 15.9 Å². The summed E-state index contributed by atoms with van der Waals surface area (Å²) in [5.74, 6) is 0. The standard InChI is InChI=1S/C11H17BrN2/c1-9(6-7-13)14(2)11-5-3-4-10(12)8-11/h3-5,8-9H,6-7,13H2,1-2H3. The lowest BCUT2D eigenvalue weighted by Crippen LogP contribution is -2.30. The van der Waals surface area contributed by atoms with Crippen molar-refractivity contribution in [3.8, 4) is 0 Å². The Morgan fingerprint density at radius 2 is 2.21 bits per heavy atom. The number of anilines is 1. The first-order valence-electron chi connectivity index (χ1n) is 4.83. The quantitative estimate of drug-likeness (QED) is 0.898. The summed E-state index contributed by atoms with van der Waals surface area (Å²) in [6.07, 6.45) is 1.02. The third-order valence-electron chi connectivity index (χ3n) is 2.46. The molecule has 0 bridgehead atoms. The summed E-state index contributed by atoms with van der Waals surface area (Å²) < 4.78 is 1.11. The van der Waals surface area contributed by atoms with Crippen LogP contribution in [-0.4, -0.2) is 19.6 Å². The van der Waals surface area contributed by atoms with E-state index >= 15 is 0 Å². The van der Waals surface area contributed by atoms with Crippen LogP contribution in [0, 0.1) is 0 Å². The zero-order valence-electron chi connectivity index (χ0n) is 8.70. The van der Waals surface area contributed by atoms with E-state index in [1.165, 1.54) is 5.69 Å². The maximum Gasteiger partial charge on any atom is 0.0377 e. The van der Waals surface area contributed by atoms with Crippen molar-refractivity contribution >= 4 is 21.6 Å². The van der Waals surface area contributed by atoms with E-state index in [1.807, 2.05) is 12.1 Å². The van der Waals surface area contributed by atoms with Crippen molar-refractivity contribution in [1.82, 2.24) is 0 Å². The van der Waals surface area contributed by atoms with Gasteiger partial charge in [-0.05, 0) is 38.1 Å². The summed E-state index contributed by atoms with van der Waals surface area (Å²) in [7, 11) is 2.10. The van der Waals surface area contributed by atoms with Gasteiger partial charge in [-0.25, -0.2) is 0 Å². The second-order valence-electron chi connectivity index (χ2n) is 3.52. The molecule has 3 heteroatoms. The molecule has 1 unspecified atom stereocenters. The predicted molar refractivity (Wildman–Crippen MR) is 65.7 cm³/mol. The van der Waals surface area contributed by atoms with Crippen LogP contribution < -0.4 is 10.6 Å². The van der Waals surface area contributed by atoms with Crippen LogP contribution in [0.4, 0.5) is 5.69 Å². The van der Waals surface area contributed by atoms with Gasteiger partial charge in [-0.3, -0.25) is 0 Å². The summed E-state index contributed by atoms with van der Waals surface area (Å²) in [5, 5.41) is 0. The maximum atomic E-state index is 5.54. The number of benzene rings is 1. The SMILES string of the molecule is CC(CCN)N(C)c1cccc(Br)c1. The van der Waals surface area contributed by atoms with Crippen molar-refractivity contribution in [3.63, 3.8) is 0 Å². The fourth-order valence-corrected chi connectivity index (χ4v) is 1.77. The molecular weight excluding hydrogens is 240 g/mol. The molecule has 0 aliphatic carbocycles. The molecule has 0 saturated heterocycles. The Labute approximate surface area is 94.2 Å². The lowest BCUT2D eigenvalue weighted by atomic mass is 10.2. The molecule has 1 atom stereocenters. The lowest BCUT2D eigenvalue weighted by molar-refractivity contribution is 0.635. The monoisotopic (exact) mass is 256 g/mol. The first-order valence-corrected chi connectivity index (χ1v) is 5.63. The molecule has 0 radical (unpaired) electrons. The van der Waals surface area contributed by atoms with Crippen LogP contribution in [0.15, 0.2) is 28.7 Å². The second-order valence-corrected chi connectivity index (χ2v) is 4.43. The van der Waals surface area contributed by atoms with E-state index in [-0.39, 0.29) is 0 Å². The molecule has 0 saturated carbocycles. The zero-order chi connectivity index (χ0) is 10.6. The Morgan fingerprint density at radius 1 is 1.50 bits per heavy atom. The highest BCUT2D eigenvalue weighted by Crippen LogP contribution is 2.20. The Kier molecular flexibility index (Phi) is 4.42. The zero-order valence-corrected chi connectivity index (χ0v) is 10.3. The van der Waals surface area contributed by atoms with E-state index in [0.717, 1.165) is 17.4 Å². The van der Waals surface area contributed by atoms with Gasteiger partial charge >= 0.3 is 0 Å². The normalized spacial score (nSPS) is 12.6. The van der Waals surface area contributed by atoms with E-state index in [0.29, 0.717) is 6.04 Å². The second kappa shape index (κ2) is 5.37. The van der Waals surface area contributed by atoms with E-state index in [4.69, 9.17) is 5.73 Å². The van der Waals surface area contributed by atoms with Gasteiger partial charge in [-0.2, -0.15) is 0 Å². The van der Waals surface area contributed by atoms with Crippen LogP contribution in [0.2, 0.25) is 0 Å². The smallest absolute Gasteiger partial charge is 0.0377 e. The number of nitrogens with two attached hydrogens (primary N) is 1. The van der Waals surface area contributed by atoms with Gasteiger partial charge in [0.1, 0.15) is 0 Å². The van der Waals surface area contributed by atoms with Gasteiger partial charge in [0.25, 0.3) is 0 Å². The van der Waals surface area contributed by atoms with Crippen LogP contribution in [0.5, 0.6) is 0 Å². The number of rotatable bonds is 4. The molecular formula is C11H17BrN2. The third-order valence-corrected chi connectivity index (χ3v) is 2.95. The minimum atomic E-state index is 0.481. The van der Waals surface area contributed by atoms with E-state index in [2.05, 4.69) is 46.9 Å². The molecule has 0 amide bonds. The number of hydrogen-bond acceptors (Lipinski definition) is 2. The van der Waals surface area contributed by atoms with Crippen LogP contribution in [0.1, 0.15) is 13.3 Å². The Hall–Kier alpha value is -0.540. The minimum absolute atomic E-state index is 0.481. The summed E-state index contributed by atoms with van der Waals surface area (Å²) >= 11 is 3.47. The van der Waals surface area contributed by atoms with Gasteiger partial charge in [0, 0.05) is 23.2 Å². The van der Waals surface area contributed by atoms with Gasteiger partial charge in [0.2, 0.25) is 0 Å². The molecule has 0 aromatic heterocycles. The van der Waals surface area contributed by atoms with Gasteiger partial charge in [0.15, 0.2) is 0 Å². The summed E-state index contributed by atoms with van der Waals surface area (Å²) in [6.45, 7) is 2.92. The number of hydrogen-bond donors (Lipinski definition) is 1. The molecule has 2 N–H and O–H groups in total. The molecule has 0 heterocycles. The highest BCUT2D eigenvalue weighted by Gasteiger charge is 2.08. The summed E-state index contributed by atoms with van der Waals surface area (Å²) in [4.78, 5) is 2.25. The molecule has 2 nitrogen and oxygen atoms in total. The van der Waals surface area contributed by atoms with Crippen molar-refractivity contribution in [1.29, 1.82) is 0 Å². The lowest BCUT2D eigenvalue weighted by Gasteiger charge is -2.26. The van der Waals surface area contributed by atoms with E-state index in [1.54, 1.807) is 0 Å². The van der Waals surface area contributed by atoms with Crippen LogP contribution in [-0.2, 0) is 0 Å². The molecule has 0 fully saturated rings. The number of nitrogens with zero attached hydrogens (tertiary/aromatic N) is 1. The Morgan fingerprint density at radius 3 is 2.79 bits per heavy atom. The van der Waals surface area contributed by atoms with Gasteiger partial charge in [-0.15, -0.1) is 0 Å². The highest BCUT2D eigenvalue weighted by molar-refractivity contribution is 9.10. The van der Waals surface area contributed by atoms with Gasteiger partial charge < -0.3 is 10.6 Å². The molecule has 1 aromatic carbocycles.